The van der Waals surface area contributed by atoms with E-state index in [1.807, 2.05) is 12.1 Å². The van der Waals surface area contributed by atoms with E-state index in [0.29, 0.717) is 5.02 Å². The SMILES string of the molecule is CNC(=O)N/N=C/c1cccc(Cl)c1. The average Bonchev–Trinajstić information content (AvgIpc) is 2.17. The molecule has 14 heavy (non-hydrogen) atoms. The number of nitrogens with one attached hydrogen (secondary N) is 2. The van der Waals surface area contributed by atoms with E-state index in [0.717, 1.165) is 5.56 Å². The third-order valence-corrected chi connectivity index (χ3v) is 1.69. The van der Waals surface area contributed by atoms with E-state index >= 15 is 0 Å². The number of halogens is 1. The summed E-state index contributed by atoms with van der Waals surface area (Å²) in [7, 11) is 1.52. The second-order valence-electron chi connectivity index (χ2n) is 2.50. The molecule has 0 atom stereocenters. The second-order valence-corrected chi connectivity index (χ2v) is 2.94. The predicted molar refractivity (Wildman–Crippen MR) is 56.6 cm³/mol. The zero-order chi connectivity index (χ0) is 10.4. The summed E-state index contributed by atoms with van der Waals surface area (Å²) < 4.78 is 0. The first kappa shape index (κ1) is 10.5. The maximum Gasteiger partial charge on any atom is 0.334 e. The summed E-state index contributed by atoms with van der Waals surface area (Å²) >= 11 is 5.75. The highest BCUT2D eigenvalue weighted by Gasteiger charge is 1.91. The monoisotopic (exact) mass is 211 g/mol. The summed E-state index contributed by atoms with van der Waals surface area (Å²) in [4.78, 5) is 10.7. The Hall–Kier alpha value is -1.55. The van der Waals surface area contributed by atoms with Crippen LogP contribution in [0.5, 0.6) is 0 Å². The molecule has 2 N–H and O–H groups in total. The van der Waals surface area contributed by atoms with Gasteiger partial charge in [-0.2, -0.15) is 5.10 Å². The lowest BCUT2D eigenvalue weighted by Gasteiger charge is -1.96. The Morgan fingerprint density at radius 3 is 3.00 bits per heavy atom. The number of hydrazone groups is 1. The van der Waals surface area contributed by atoms with Gasteiger partial charge in [-0.1, -0.05) is 23.7 Å². The van der Waals surface area contributed by atoms with Gasteiger partial charge in [0.1, 0.15) is 0 Å². The molecule has 0 fully saturated rings. The third-order valence-electron chi connectivity index (χ3n) is 1.46. The Kier molecular flexibility index (Phi) is 3.94. The fraction of sp³-hybridized carbons (Fsp3) is 0.111. The molecule has 0 aromatic heterocycles. The first-order valence-electron chi connectivity index (χ1n) is 3.98. The number of amides is 2. The molecule has 4 nitrogen and oxygen atoms in total. The van der Waals surface area contributed by atoms with Crippen LogP contribution in [0.1, 0.15) is 5.56 Å². The molecule has 1 aromatic rings. The zero-order valence-corrected chi connectivity index (χ0v) is 8.38. The number of carbonyl (C=O) groups is 1. The van der Waals surface area contributed by atoms with Crippen LogP contribution in [-0.4, -0.2) is 19.3 Å². The van der Waals surface area contributed by atoms with Gasteiger partial charge in [0.2, 0.25) is 0 Å². The minimum atomic E-state index is -0.358. The van der Waals surface area contributed by atoms with Gasteiger partial charge in [-0.3, -0.25) is 0 Å². The Morgan fingerprint density at radius 1 is 1.57 bits per heavy atom. The summed E-state index contributed by atoms with van der Waals surface area (Å²) in [6, 6.07) is 6.80. The van der Waals surface area contributed by atoms with Crippen LogP contribution in [-0.2, 0) is 0 Å². The smallest absolute Gasteiger partial charge is 0.334 e. The zero-order valence-electron chi connectivity index (χ0n) is 7.62. The Labute approximate surface area is 87.0 Å². The summed E-state index contributed by atoms with van der Waals surface area (Å²) in [5.74, 6) is 0. The fourth-order valence-electron chi connectivity index (χ4n) is 0.808. The molecule has 2 amide bonds. The topological polar surface area (TPSA) is 53.5 Å². The lowest BCUT2D eigenvalue weighted by Crippen LogP contribution is -2.28. The Morgan fingerprint density at radius 2 is 2.36 bits per heavy atom. The van der Waals surface area contributed by atoms with Gasteiger partial charge in [0, 0.05) is 12.1 Å². The molecule has 0 spiro atoms. The standard InChI is InChI=1S/C9H10ClN3O/c1-11-9(14)13-12-6-7-3-2-4-8(10)5-7/h2-6H,1H3,(H2,11,13,14)/b12-6+. The van der Waals surface area contributed by atoms with Crippen molar-refractivity contribution in [1.29, 1.82) is 0 Å². The third kappa shape index (κ3) is 3.45. The van der Waals surface area contributed by atoms with Gasteiger partial charge >= 0.3 is 6.03 Å². The van der Waals surface area contributed by atoms with E-state index < -0.39 is 0 Å². The number of rotatable bonds is 2. The molecular weight excluding hydrogens is 202 g/mol. The van der Waals surface area contributed by atoms with E-state index in [4.69, 9.17) is 11.6 Å². The van der Waals surface area contributed by atoms with Gasteiger partial charge < -0.3 is 5.32 Å². The summed E-state index contributed by atoms with van der Waals surface area (Å²) in [5.41, 5.74) is 3.10. The largest absolute Gasteiger partial charge is 0.340 e. The molecule has 0 bridgehead atoms. The Balaban J connectivity index is 2.56. The van der Waals surface area contributed by atoms with Crippen LogP contribution in [0.3, 0.4) is 0 Å². The minimum Gasteiger partial charge on any atom is -0.340 e. The average molecular weight is 212 g/mol. The van der Waals surface area contributed by atoms with Crippen molar-refractivity contribution in [3.8, 4) is 0 Å². The van der Waals surface area contributed by atoms with E-state index in [1.54, 1.807) is 12.1 Å². The van der Waals surface area contributed by atoms with Gasteiger partial charge in [-0.15, -0.1) is 0 Å². The second kappa shape index (κ2) is 5.24. The van der Waals surface area contributed by atoms with Crippen molar-refractivity contribution in [1.82, 2.24) is 10.7 Å². The first-order valence-corrected chi connectivity index (χ1v) is 4.36. The molecule has 0 aliphatic rings. The highest BCUT2D eigenvalue weighted by molar-refractivity contribution is 6.30. The highest BCUT2D eigenvalue weighted by Crippen LogP contribution is 2.08. The molecule has 0 unspecified atom stereocenters. The number of benzene rings is 1. The van der Waals surface area contributed by atoms with Crippen LogP contribution in [0.15, 0.2) is 29.4 Å². The van der Waals surface area contributed by atoms with E-state index in [9.17, 15) is 4.79 Å². The van der Waals surface area contributed by atoms with Crippen LogP contribution in [0.4, 0.5) is 4.79 Å². The number of nitrogens with zero attached hydrogens (tertiary/aromatic N) is 1. The van der Waals surface area contributed by atoms with E-state index in [-0.39, 0.29) is 6.03 Å². The van der Waals surface area contributed by atoms with Crippen LogP contribution in [0, 0.1) is 0 Å². The van der Waals surface area contributed by atoms with Gasteiger partial charge in [-0.25, -0.2) is 10.2 Å². The van der Waals surface area contributed by atoms with Crippen LogP contribution < -0.4 is 10.7 Å². The van der Waals surface area contributed by atoms with Crippen LogP contribution >= 0.6 is 11.6 Å². The highest BCUT2D eigenvalue weighted by atomic mass is 35.5. The van der Waals surface area contributed by atoms with Gasteiger partial charge in [0.15, 0.2) is 0 Å². The molecule has 0 radical (unpaired) electrons. The lowest BCUT2D eigenvalue weighted by atomic mass is 10.2. The minimum absolute atomic E-state index is 0.358. The van der Waals surface area contributed by atoms with Crippen molar-refractivity contribution in [3.05, 3.63) is 34.9 Å². The maximum atomic E-state index is 10.7. The van der Waals surface area contributed by atoms with Crippen molar-refractivity contribution in [3.63, 3.8) is 0 Å². The normalized spacial score (nSPS) is 10.1. The van der Waals surface area contributed by atoms with E-state index in [1.165, 1.54) is 13.3 Å². The molecule has 74 valence electrons. The van der Waals surface area contributed by atoms with Crippen molar-refractivity contribution >= 4 is 23.8 Å². The lowest BCUT2D eigenvalue weighted by molar-refractivity contribution is 0.243. The summed E-state index contributed by atoms with van der Waals surface area (Å²) in [6.45, 7) is 0. The number of hydrogen-bond donors (Lipinski definition) is 2. The molecule has 0 saturated carbocycles. The number of hydrogen-bond acceptors (Lipinski definition) is 2. The molecule has 5 heteroatoms. The fourth-order valence-corrected chi connectivity index (χ4v) is 1.01. The van der Waals surface area contributed by atoms with Crippen molar-refractivity contribution in [2.24, 2.45) is 5.10 Å². The molecule has 0 heterocycles. The molecule has 1 aromatic carbocycles. The van der Waals surface area contributed by atoms with Crippen molar-refractivity contribution in [2.45, 2.75) is 0 Å². The van der Waals surface area contributed by atoms with Crippen molar-refractivity contribution in [2.75, 3.05) is 7.05 Å². The molecular formula is C9H10ClN3O. The van der Waals surface area contributed by atoms with Crippen molar-refractivity contribution < 1.29 is 4.79 Å². The predicted octanol–water partition coefficient (Wildman–Crippen LogP) is 1.60. The molecule has 0 saturated heterocycles. The summed E-state index contributed by atoms with van der Waals surface area (Å²) in [6.07, 6.45) is 1.52. The van der Waals surface area contributed by atoms with Crippen LogP contribution in [0.25, 0.3) is 0 Å². The first-order chi connectivity index (χ1) is 6.72. The Bertz CT molecular complexity index is 352. The quantitative estimate of drug-likeness (QED) is 0.567. The molecule has 1 rings (SSSR count). The number of urea groups is 1. The van der Waals surface area contributed by atoms with Gasteiger partial charge in [-0.05, 0) is 17.7 Å². The van der Waals surface area contributed by atoms with E-state index in [2.05, 4.69) is 15.8 Å². The number of carbonyl (C=O) groups excluding carboxylic acids is 1. The molecule has 0 aliphatic heterocycles. The molecule has 0 aliphatic carbocycles. The van der Waals surface area contributed by atoms with Gasteiger partial charge in [0.05, 0.1) is 6.21 Å². The maximum absolute atomic E-state index is 10.7. The summed E-state index contributed by atoms with van der Waals surface area (Å²) in [5, 5.41) is 6.71. The van der Waals surface area contributed by atoms with Crippen LogP contribution in [0.2, 0.25) is 5.02 Å². The van der Waals surface area contributed by atoms with Gasteiger partial charge in [0.25, 0.3) is 0 Å².